The fourth-order valence-corrected chi connectivity index (χ4v) is 4.86. The van der Waals surface area contributed by atoms with Crippen molar-refractivity contribution in [1.29, 1.82) is 0 Å². The summed E-state index contributed by atoms with van der Waals surface area (Å²) >= 11 is 0. The predicted octanol–water partition coefficient (Wildman–Crippen LogP) is 2.78. The van der Waals surface area contributed by atoms with Gasteiger partial charge in [-0.25, -0.2) is 9.78 Å². The highest BCUT2D eigenvalue weighted by molar-refractivity contribution is 6.08. The van der Waals surface area contributed by atoms with E-state index < -0.39 is 0 Å². The number of aromatic nitrogens is 6. The summed E-state index contributed by atoms with van der Waals surface area (Å²) < 4.78 is 6.92. The van der Waals surface area contributed by atoms with Gasteiger partial charge in [-0.2, -0.15) is 5.10 Å². The Balaban J connectivity index is 1.37. The number of carbonyl (C=O) groups excluding carboxylic acids is 2. The summed E-state index contributed by atoms with van der Waals surface area (Å²) in [5.41, 5.74) is 4.16. The van der Waals surface area contributed by atoms with Gasteiger partial charge in [0.25, 0.3) is 5.91 Å². The normalized spacial score (nSPS) is 15.8. The van der Waals surface area contributed by atoms with Gasteiger partial charge in [0.1, 0.15) is 17.1 Å². The maximum absolute atomic E-state index is 13.9. The zero-order valence-corrected chi connectivity index (χ0v) is 19.7. The molecule has 0 radical (unpaired) electrons. The van der Waals surface area contributed by atoms with E-state index in [0.717, 1.165) is 42.0 Å². The minimum Gasteiger partial charge on any atom is -0.497 e. The number of fused-ring (bicyclic) bond motifs is 1. The van der Waals surface area contributed by atoms with Crippen molar-refractivity contribution in [1.82, 2.24) is 30.4 Å². The quantitative estimate of drug-likeness (QED) is 0.462. The van der Waals surface area contributed by atoms with Crippen molar-refractivity contribution in [2.75, 3.05) is 30.0 Å². The molecule has 0 atom stereocenters. The van der Waals surface area contributed by atoms with E-state index in [2.05, 4.69) is 20.6 Å². The van der Waals surface area contributed by atoms with Crippen LogP contribution in [0.3, 0.4) is 0 Å². The first kappa shape index (κ1) is 22.0. The largest absolute Gasteiger partial charge is 0.497 e. The molecule has 11 nitrogen and oxygen atoms in total. The maximum atomic E-state index is 13.9. The van der Waals surface area contributed by atoms with E-state index in [0.29, 0.717) is 42.3 Å². The van der Waals surface area contributed by atoms with Gasteiger partial charge >= 0.3 is 0 Å². The molecule has 2 amide bonds. The fourth-order valence-electron chi connectivity index (χ4n) is 4.86. The van der Waals surface area contributed by atoms with E-state index in [9.17, 15) is 9.59 Å². The summed E-state index contributed by atoms with van der Waals surface area (Å²) in [4.78, 5) is 29.7. The molecule has 11 heteroatoms. The van der Waals surface area contributed by atoms with Crippen molar-refractivity contribution in [3.05, 3.63) is 59.8 Å². The molecule has 1 N–H and O–H groups in total. The second kappa shape index (κ2) is 8.91. The Morgan fingerprint density at radius 3 is 2.25 bits per heavy atom. The third-order valence-corrected chi connectivity index (χ3v) is 6.70. The Kier molecular flexibility index (Phi) is 5.44. The summed E-state index contributed by atoms with van der Waals surface area (Å²) in [7, 11) is 1.60. The number of ether oxygens (including phenoxy) is 1. The molecule has 36 heavy (non-hydrogen) atoms. The molecule has 4 heterocycles. The number of hydrogen-bond donors (Lipinski definition) is 1. The van der Waals surface area contributed by atoms with E-state index in [-0.39, 0.29) is 11.8 Å². The van der Waals surface area contributed by atoms with E-state index in [1.807, 2.05) is 53.4 Å². The van der Waals surface area contributed by atoms with E-state index in [1.165, 1.54) is 0 Å². The molecule has 2 aliphatic heterocycles. The minimum absolute atomic E-state index is 0.144. The highest BCUT2D eigenvalue weighted by Gasteiger charge is 2.34. The first-order chi connectivity index (χ1) is 17.6. The van der Waals surface area contributed by atoms with Gasteiger partial charge in [-0.05, 0) is 78.2 Å². The van der Waals surface area contributed by atoms with Crippen molar-refractivity contribution >= 4 is 23.2 Å². The van der Waals surface area contributed by atoms with Crippen LogP contribution in [-0.2, 0) is 11.2 Å². The Hall–Kier alpha value is -4.54. The summed E-state index contributed by atoms with van der Waals surface area (Å²) in [6.45, 7) is 1.21. The van der Waals surface area contributed by atoms with Crippen molar-refractivity contribution < 1.29 is 14.3 Å². The molecule has 0 unspecified atom stereocenters. The molecule has 1 saturated heterocycles. The third-order valence-electron chi connectivity index (χ3n) is 6.70. The first-order valence-electron chi connectivity index (χ1n) is 11.9. The molecular formula is C25H24N8O3. The number of methoxy groups -OCH3 is 1. The van der Waals surface area contributed by atoms with Crippen LogP contribution < -0.4 is 14.5 Å². The van der Waals surface area contributed by atoms with Crippen LogP contribution in [0.4, 0.5) is 11.4 Å². The number of aromatic amines is 1. The number of piperidine rings is 1. The average molecular weight is 485 g/mol. The van der Waals surface area contributed by atoms with Crippen molar-refractivity contribution in [3.63, 3.8) is 0 Å². The lowest BCUT2D eigenvalue weighted by Gasteiger charge is -2.29. The molecule has 6 rings (SSSR count). The van der Waals surface area contributed by atoms with Gasteiger partial charge in [-0.15, -0.1) is 5.10 Å². The summed E-state index contributed by atoms with van der Waals surface area (Å²) in [5.74, 6) is 1.10. The van der Waals surface area contributed by atoms with Crippen molar-refractivity contribution in [2.24, 2.45) is 0 Å². The van der Waals surface area contributed by atoms with Gasteiger partial charge in [0.05, 0.1) is 12.8 Å². The molecule has 2 aliphatic rings. The number of benzene rings is 2. The van der Waals surface area contributed by atoms with E-state index >= 15 is 0 Å². The van der Waals surface area contributed by atoms with Crippen LogP contribution in [0.15, 0.2) is 48.5 Å². The summed E-state index contributed by atoms with van der Waals surface area (Å²) in [6.07, 6.45) is 3.10. The zero-order valence-electron chi connectivity index (χ0n) is 19.7. The molecule has 0 saturated carbocycles. The van der Waals surface area contributed by atoms with Crippen molar-refractivity contribution in [2.45, 2.75) is 25.7 Å². The zero-order chi connectivity index (χ0) is 24.6. The van der Waals surface area contributed by atoms with Gasteiger partial charge in [-0.1, -0.05) is 0 Å². The number of H-pyrrole nitrogens is 1. The third kappa shape index (κ3) is 3.69. The summed E-state index contributed by atoms with van der Waals surface area (Å²) in [6, 6.07) is 15.0. The lowest BCUT2D eigenvalue weighted by molar-refractivity contribution is -0.119. The predicted molar refractivity (Wildman–Crippen MR) is 131 cm³/mol. The molecule has 0 aliphatic carbocycles. The van der Waals surface area contributed by atoms with Gasteiger partial charge in [0.2, 0.25) is 5.91 Å². The van der Waals surface area contributed by atoms with Crippen LogP contribution in [0.2, 0.25) is 0 Å². The average Bonchev–Trinajstić information content (AvgIpc) is 3.58. The Bertz CT molecular complexity index is 1410. The highest BCUT2D eigenvalue weighted by Crippen LogP contribution is 2.33. The molecule has 2 aromatic carbocycles. The SMILES string of the molecule is COc1ccc(-n2nc(-c3nnn[nH]3)c3c2C(=O)N(c2ccc(N4CCCCC4=O)cc2)CC3)cc1. The van der Waals surface area contributed by atoms with Crippen molar-refractivity contribution in [3.8, 4) is 23.0 Å². The Morgan fingerprint density at radius 2 is 1.58 bits per heavy atom. The van der Waals surface area contributed by atoms with Crippen LogP contribution in [0.25, 0.3) is 17.2 Å². The second-order valence-corrected chi connectivity index (χ2v) is 8.76. The second-order valence-electron chi connectivity index (χ2n) is 8.76. The molecule has 0 spiro atoms. The number of tetrazole rings is 1. The Morgan fingerprint density at radius 1 is 0.861 bits per heavy atom. The smallest absolute Gasteiger partial charge is 0.277 e. The van der Waals surface area contributed by atoms with E-state index in [1.54, 1.807) is 16.7 Å². The number of anilines is 2. The molecule has 4 aromatic rings. The first-order valence-corrected chi connectivity index (χ1v) is 11.9. The molecular weight excluding hydrogens is 460 g/mol. The number of nitrogens with zero attached hydrogens (tertiary/aromatic N) is 7. The maximum Gasteiger partial charge on any atom is 0.277 e. The lowest BCUT2D eigenvalue weighted by Crippen LogP contribution is -2.39. The molecule has 0 bridgehead atoms. The monoisotopic (exact) mass is 484 g/mol. The standard InChI is InChI=1S/C25H24N8O3/c1-36-19-11-9-18(10-12-19)33-23-20(22(28-33)24-26-29-30-27-24)13-15-32(25(23)35)17-7-5-16(6-8-17)31-14-3-2-4-21(31)34/h5-12H,2-4,13-15H2,1H3,(H,26,27,29,30). The number of carbonyl (C=O) groups is 2. The molecule has 1 fully saturated rings. The number of amides is 2. The number of hydrogen-bond acceptors (Lipinski definition) is 7. The molecule has 2 aromatic heterocycles. The van der Waals surface area contributed by atoms with Gasteiger partial charge in [0.15, 0.2) is 5.82 Å². The minimum atomic E-state index is -0.167. The number of rotatable bonds is 5. The topological polar surface area (TPSA) is 122 Å². The Labute approximate surface area is 206 Å². The summed E-state index contributed by atoms with van der Waals surface area (Å²) in [5, 5.41) is 18.9. The van der Waals surface area contributed by atoms with Gasteiger partial charge < -0.3 is 14.5 Å². The van der Waals surface area contributed by atoms with Gasteiger partial charge in [0, 0.05) is 36.4 Å². The molecule has 182 valence electrons. The van der Waals surface area contributed by atoms with Crippen LogP contribution >= 0.6 is 0 Å². The number of nitrogens with one attached hydrogen (secondary N) is 1. The van der Waals surface area contributed by atoms with E-state index in [4.69, 9.17) is 9.84 Å². The van der Waals surface area contributed by atoms with Crippen LogP contribution in [0.1, 0.15) is 35.3 Å². The fraction of sp³-hybridized carbons (Fsp3) is 0.280. The van der Waals surface area contributed by atoms with Gasteiger partial charge in [-0.3, -0.25) is 9.59 Å². The van der Waals surface area contributed by atoms with Crippen LogP contribution in [0, 0.1) is 0 Å². The highest BCUT2D eigenvalue weighted by atomic mass is 16.5. The lowest BCUT2D eigenvalue weighted by atomic mass is 10.0. The van der Waals surface area contributed by atoms with Crippen LogP contribution in [-0.4, -0.2) is 62.4 Å². The van der Waals surface area contributed by atoms with Crippen LogP contribution in [0.5, 0.6) is 5.75 Å².